The van der Waals surface area contributed by atoms with Gasteiger partial charge in [0.05, 0.1) is 11.0 Å². The van der Waals surface area contributed by atoms with Crippen LogP contribution in [-0.4, -0.2) is 63.1 Å². The molecule has 1 aromatic rings. The van der Waals surface area contributed by atoms with Gasteiger partial charge in [0, 0.05) is 26.2 Å². The van der Waals surface area contributed by atoms with Crippen molar-refractivity contribution in [1.29, 1.82) is 0 Å². The van der Waals surface area contributed by atoms with Gasteiger partial charge in [-0.2, -0.15) is 4.31 Å². The Morgan fingerprint density at radius 1 is 1.22 bits per heavy atom. The van der Waals surface area contributed by atoms with Crippen LogP contribution in [0.3, 0.4) is 0 Å². The molecular formula is C17H26N2O3S. The molecule has 128 valence electrons. The molecule has 3 rings (SSSR count). The zero-order valence-electron chi connectivity index (χ0n) is 13.9. The Labute approximate surface area is 139 Å². The van der Waals surface area contributed by atoms with Crippen molar-refractivity contribution in [3.63, 3.8) is 0 Å². The topological polar surface area (TPSA) is 49.9 Å². The molecule has 2 fully saturated rings. The predicted molar refractivity (Wildman–Crippen MR) is 89.9 cm³/mol. The Morgan fingerprint density at radius 2 is 1.91 bits per heavy atom. The fourth-order valence-electron chi connectivity index (χ4n) is 3.71. The third-order valence-corrected chi connectivity index (χ3v) is 7.09. The first-order valence-electron chi connectivity index (χ1n) is 8.35. The number of likely N-dealkylation sites (tertiary alicyclic amines) is 1. The molecule has 0 saturated carbocycles. The Morgan fingerprint density at radius 3 is 2.57 bits per heavy atom. The quantitative estimate of drug-likeness (QED) is 0.822. The smallest absolute Gasteiger partial charge is 0.243 e. The third-order valence-electron chi connectivity index (χ3n) is 5.01. The van der Waals surface area contributed by atoms with E-state index in [2.05, 4.69) is 4.90 Å². The highest BCUT2D eigenvalue weighted by Crippen LogP contribution is 2.30. The molecule has 0 bridgehead atoms. The van der Waals surface area contributed by atoms with Crippen LogP contribution in [0.15, 0.2) is 29.2 Å². The van der Waals surface area contributed by atoms with Crippen LogP contribution in [0, 0.1) is 6.92 Å². The number of benzene rings is 1. The SMILES string of the molecule is CO[C@H]1C[C@@H](CN2CCCC2)N(S(=O)(=O)c2ccccc2C)C1. The van der Waals surface area contributed by atoms with E-state index >= 15 is 0 Å². The zero-order chi connectivity index (χ0) is 16.4. The molecule has 0 radical (unpaired) electrons. The van der Waals surface area contributed by atoms with Crippen molar-refractivity contribution >= 4 is 10.0 Å². The Balaban J connectivity index is 1.86. The number of methoxy groups -OCH3 is 1. The van der Waals surface area contributed by atoms with E-state index in [9.17, 15) is 8.42 Å². The van der Waals surface area contributed by atoms with E-state index in [-0.39, 0.29) is 12.1 Å². The van der Waals surface area contributed by atoms with Gasteiger partial charge in [-0.25, -0.2) is 8.42 Å². The monoisotopic (exact) mass is 338 g/mol. The molecule has 0 aromatic heterocycles. The van der Waals surface area contributed by atoms with Crippen LogP contribution in [0.1, 0.15) is 24.8 Å². The molecule has 2 heterocycles. The summed E-state index contributed by atoms with van der Waals surface area (Å²) >= 11 is 0. The van der Waals surface area contributed by atoms with Crippen LogP contribution in [0.5, 0.6) is 0 Å². The Hall–Kier alpha value is -0.950. The van der Waals surface area contributed by atoms with E-state index in [1.807, 2.05) is 19.1 Å². The highest BCUT2D eigenvalue weighted by molar-refractivity contribution is 7.89. The second-order valence-corrected chi connectivity index (χ2v) is 8.45. The molecular weight excluding hydrogens is 312 g/mol. The summed E-state index contributed by atoms with van der Waals surface area (Å²) < 4.78 is 33.4. The molecule has 0 amide bonds. The molecule has 5 nitrogen and oxygen atoms in total. The van der Waals surface area contributed by atoms with Gasteiger partial charge in [0.25, 0.3) is 0 Å². The fourth-order valence-corrected chi connectivity index (χ4v) is 5.60. The lowest BCUT2D eigenvalue weighted by molar-refractivity contribution is 0.113. The molecule has 0 aliphatic carbocycles. The van der Waals surface area contributed by atoms with Crippen LogP contribution < -0.4 is 0 Å². The largest absolute Gasteiger partial charge is 0.380 e. The van der Waals surface area contributed by atoms with Crippen molar-refractivity contribution in [2.75, 3.05) is 33.3 Å². The van der Waals surface area contributed by atoms with Crippen molar-refractivity contribution < 1.29 is 13.2 Å². The van der Waals surface area contributed by atoms with Crippen LogP contribution >= 0.6 is 0 Å². The summed E-state index contributed by atoms with van der Waals surface area (Å²) in [4.78, 5) is 2.80. The van der Waals surface area contributed by atoms with E-state index < -0.39 is 10.0 Å². The lowest BCUT2D eigenvalue weighted by Gasteiger charge is -2.28. The second-order valence-electron chi connectivity index (χ2n) is 6.60. The highest BCUT2D eigenvalue weighted by Gasteiger charge is 2.41. The van der Waals surface area contributed by atoms with Gasteiger partial charge in [0.1, 0.15) is 0 Å². The van der Waals surface area contributed by atoms with E-state index in [0.717, 1.165) is 31.6 Å². The molecule has 6 heteroatoms. The molecule has 2 atom stereocenters. The molecule has 0 unspecified atom stereocenters. The maximum atomic E-state index is 13.2. The van der Waals surface area contributed by atoms with Crippen molar-refractivity contribution in [1.82, 2.24) is 9.21 Å². The standard InChI is InChI=1S/C17H26N2O3S/c1-14-7-3-4-8-17(14)23(20,21)19-13-16(22-2)11-15(19)12-18-9-5-6-10-18/h3-4,7-8,15-16H,5-6,9-13H2,1-2H3/t15-,16-/m0/s1. The summed E-state index contributed by atoms with van der Waals surface area (Å²) in [6, 6.07) is 7.23. The molecule has 23 heavy (non-hydrogen) atoms. The first kappa shape index (κ1) is 16.9. The number of ether oxygens (including phenoxy) is 1. The molecule has 2 aliphatic heterocycles. The van der Waals surface area contributed by atoms with Gasteiger partial charge in [-0.3, -0.25) is 0 Å². The van der Waals surface area contributed by atoms with Crippen LogP contribution in [0.2, 0.25) is 0 Å². The average molecular weight is 338 g/mol. The predicted octanol–water partition coefficient (Wildman–Crippen LogP) is 1.87. The van der Waals surface area contributed by atoms with Crippen LogP contribution in [-0.2, 0) is 14.8 Å². The van der Waals surface area contributed by atoms with Gasteiger partial charge in [0.15, 0.2) is 0 Å². The third kappa shape index (κ3) is 3.45. The molecule has 0 N–H and O–H groups in total. The summed E-state index contributed by atoms with van der Waals surface area (Å²) in [7, 11) is -1.81. The lowest BCUT2D eigenvalue weighted by atomic mass is 10.2. The van der Waals surface area contributed by atoms with Gasteiger partial charge in [-0.1, -0.05) is 18.2 Å². The minimum absolute atomic E-state index is 0.00246. The average Bonchev–Trinajstić information content (AvgIpc) is 3.17. The number of hydrogen-bond acceptors (Lipinski definition) is 4. The van der Waals surface area contributed by atoms with Gasteiger partial charge < -0.3 is 9.64 Å². The second kappa shape index (κ2) is 6.89. The minimum Gasteiger partial charge on any atom is -0.380 e. The van der Waals surface area contributed by atoms with E-state index in [4.69, 9.17) is 4.74 Å². The summed E-state index contributed by atoms with van der Waals surface area (Å²) in [5.74, 6) is 0. The van der Waals surface area contributed by atoms with Gasteiger partial charge >= 0.3 is 0 Å². The number of nitrogens with zero attached hydrogens (tertiary/aromatic N) is 2. The maximum Gasteiger partial charge on any atom is 0.243 e. The van der Waals surface area contributed by atoms with Crippen molar-refractivity contribution in [3.05, 3.63) is 29.8 Å². The summed E-state index contributed by atoms with van der Waals surface area (Å²) in [5.41, 5.74) is 0.799. The van der Waals surface area contributed by atoms with Gasteiger partial charge in [-0.05, 0) is 50.9 Å². The zero-order valence-corrected chi connectivity index (χ0v) is 14.8. The van der Waals surface area contributed by atoms with Crippen molar-refractivity contribution in [3.8, 4) is 0 Å². The summed E-state index contributed by atoms with van der Waals surface area (Å²) in [6.45, 7) is 5.27. The molecule has 2 aliphatic rings. The van der Waals surface area contributed by atoms with E-state index in [0.29, 0.717) is 11.4 Å². The summed E-state index contributed by atoms with van der Waals surface area (Å²) in [6.07, 6.45) is 3.19. The number of rotatable bonds is 5. The van der Waals surface area contributed by atoms with E-state index in [1.54, 1.807) is 23.5 Å². The van der Waals surface area contributed by atoms with E-state index in [1.165, 1.54) is 12.8 Å². The number of aryl methyl sites for hydroxylation is 1. The fraction of sp³-hybridized carbons (Fsp3) is 0.647. The normalized spacial score (nSPS) is 26.9. The van der Waals surface area contributed by atoms with Crippen molar-refractivity contribution in [2.45, 2.75) is 43.2 Å². The Kier molecular flexibility index (Phi) is 5.06. The lowest BCUT2D eigenvalue weighted by Crippen LogP contribution is -2.42. The minimum atomic E-state index is -3.48. The molecule has 0 spiro atoms. The van der Waals surface area contributed by atoms with Crippen molar-refractivity contribution in [2.24, 2.45) is 0 Å². The molecule has 2 saturated heterocycles. The van der Waals surface area contributed by atoms with Crippen LogP contribution in [0.4, 0.5) is 0 Å². The first-order valence-corrected chi connectivity index (χ1v) is 9.79. The van der Waals surface area contributed by atoms with Gasteiger partial charge in [-0.15, -0.1) is 0 Å². The number of sulfonamides is 1. The highest BCUT2D eigenvalue weighted by atomic mass is 32.2. The first-order chi connectivity index (χ1) is 11.0. The summed E-state index contributed by atoms with van der Waals surface area (Å²) in [5, 5.41) is 0. The molecule has 1 aromatic carbocycles. The number of hydrogen-bond donors (Lipinski definition) is 0. The maximum absolute atomic E-state index is 13.2. The Bertz CT molecular complexity index is 641. The van der Waals surface area contributed by atoms with Crippen LogP contribution in [0.25, 0.3) is 0 Å². The van der Waals surface area contributed by atoms with Gasteiger partial charge in [0.2, 0.25) is 10.0 Å².